The fourth-order valence-electron chi connectivity index (χ4n) is 4.38. The lowest BCUT2D eigenvalue weighted by molar-refractivity contribution is 0.0945. The van der Waals surface area contributed by atoms with Crippen LogP contribution >= 0.6 is 0 Å². The van der Waals surface area contributed by atoms with Gasteiger partial charge in [0.05, 0.1) is 11.4 Å². The predicted molar refractivity (Wildman–Crippen MR) is 118 cm³/mol. The Morgan fingerprint density at radius 2 is 2.03 bits per heavy atom. The minimum atomic E-state index is -1.56. The Hall–Kier alpha value is -2.81. The highest BCUT2D eigenvalue weighted by atomic mass is 19.1. The molecule has 32 heavy (non-hydrogen) atoms. The van der Waals surface area contributed by atoms with Gasteiger partial charge in [0.1, 0.15) is 11.4 Å². The van der Waals surface area contributed by atoms with E-state index in [0.717, 1.165) is 24.2 Å². The fourth-order valence-corrected chi connectivity index (χ4v) is 4.38. The molecule has 5 rings (SSSR count). The van der Waals surface area contributed by atoms with Crippen molar-refractivity contribution in [2.75, 3.05) is 37.6 Å². The summed E-state index contributed by atoms with van der Waals surface area (Å²) in [5, 5.41) is 2.81. The zero-order valence-corrected chi connectivity index (χ0v) is 18.2. The number of hydrogen-bond acceptors (Lipinski definition) is 6. The standard InChI is InChI=1S/C23H29FN6O2/c1-14-22(31)28-19-12-15(2-5-17(19)25-14)13-29-8-10-30(11-9-29)20-7-6-18(27-21(20)24)23(32)26-16-3-4-16/h6-7,15-16H,2-5,8-13H2,1H3,(H,26,32)(H,28,31)/t15-/m0/s1/i13D2. The first kappa shape index (κ1) is 18.7. The van der Waals surface area contributed by atoms with E-state index >= 15 is 0 Å². The number of aromatic nitrogens is 3. The number of carbonyl (C=O) groups is 1. The van der Waals surface area contributed by atoms with Crippen molar-refractivity contribution in [2.24, 2.45) is 5.92 Å². The molecule has 2 aromatic heterocycles. The van der Waals surface area contributed by atoms with E-state index in [1.165, 1.54) is 6.07 Å². The Bertz CT molecular complexity index is 1160. The minimum absolute atomic E-state index is 0.0726. The van der Waals surface area contributed by atoms with Gasteiger partial charge in [-0.15, -0.1) is 0 Å². The third kappa shape index (κ3) is 4.53. The lowest BCUT2D eigenvalue weighted by Gasteiger charge is -2.38. The van der Waals surface area contributed by atoms with Crippen molar-refractivity contribution in [3.63, 3.8) is 0 Å². The van der Waals surface area contributed by atoms with Crippen molar-refractivity contribution in [3.05, 3.63) is 51.2 Å². The SMILES string of the molecule is [2H]C([2H])([C@H]1CCc2nc(C)c(=O)[nH]c2C1)N1CCN(c2ccc(C(=O)NC3CC3)nc2F)CC1. The minimum Gasteiger partial charge on any atom is -0.365 e. The molecule has 1 saturated heterocycles. The van der Waals surface area contributed by atoms with Crippen LogP contribution in [0.3, 0.4) is 0 Å². The van der Waals surface area contributed by atoms with Gasteiger partial charge in [0.2, 0.25) is 5.95 Å². The molecule has 1 atom stereocenters. The maximum Gasteiger partial charge on any atom is 0.270 e. The predicted octanol–water partition coefficient (Wildman–Crippen LogP) is 1.43. The summed E-state index contributed by atoms with van der Waals surface area (Å²) >= 11 is 0. The molecule has 2 N–H and O–H groups in total. The van der Waals surface area contributed by atoms with Gasteiger partial charge in [-0.3, -0.25) is 19.5 Å². The van der Waals surface area contributed by atoms with Crippen LogP contribution in [-0.2, 0) is 12.8 Å². The highest BCUT2D eigenvalue weighted by Crippen LogP contribution is 2.25. The summed E-state index contributed by atoms with van der Waals surface area (Å²) in [6.45, 7) is 1.88. The number of pyridine rings is 1. The quantitative estimate of drug-likeness (QED) is 0.681. The first-order chi connectivity index (χ1) is 16.2. The van der Waals surface area contributed by atoms with Gasteiger partial charge in [-0.25, -0.2) is 4.98 Å². The van der Waals surface area contributed by atoms with Gasteiger partial charge in [-0.05, 0) is 57.1 Å². The van der Waals surface area contributed by atoms with E-state index in [1.54, 1.807) is 13.0 Å². The van der Waals surface area contributed by atoms with E-state index in [1.807, 2.05) is 9.80 Å². The number of amides is 1. The molecule has 0 radical (unpaired) electrons. The largest absolute Gasteiger partial charge is 0.365 e. The van der Waals surface area contributed by atoms with Gasteiger partial charge in [0.25, 0.3) is 11.5 Å². The van der Waals surface area contributed by atoms with E-state index in [9.17, 15) is 14.0 Å². The number of anilines is 1. The second kappa shape index (κ2) is 8.61. The van der Waals surface area contributed by atoms with E-state index in [4.69, 9.17) is 2.74 Å². The lowest BCUT2D eigenvalue weighted by atomic mass is 9.88. The third-order valence-electron chi connectivity index (χ3n) is 6.38. The molecule has 0 unspecified atom stereocenters. The monoisotopic (exact) mass is 442 g/mol. The topological polar surface area (TPSA) is 94.2 Å². The van der Waals surface area contributed by atoms with E-state index in [-0.39, 0.29) is 29.1 Å². The molecule has 1 aliphatic heterocycles. The zero-order chi connectivity index (χ0) is 24.0. The van der Waals surface area contributed by atoms with Crippen molar-refractivity contribution in [2.45, 2.75) is 45.1 Å². The number of aryl methyl sites for hydroxylation is 2. The Morgan fingerprint density at radius 3 is 2.75 bits per heavy atom. The van der Waals surface area contributed by atoms with Crippen LogP contribution in [0.4, 0.5) is 10.1 Å². The molecule has 1 saturated carbocycles. The van der Waals surface area contributed by atoms with Crippen LogP contribution in [0, 0.1) is 18.8 Å². The van der Waals surface area contributed by atoms with E-state index in [2.05, 4.69) is 20.3 Å². The number of hydrogen-bond donors (Lipinski definition) is 2. The summed E-state index contributed by atoms with van der Waals surface area (Å²) in [5.74, 6) is -1.31. The normalized spacial score (nSPS) is 22.7. The number of piperazine rings is 1. The number of fused-ring (bicyclic) bond motifs is 1. The molecule has 9 heteroatoms. The molecule has 0 spiro atoms. The molecular weight excluding hydrogens is 411 g/mol. The molecule has 3 heterocycles. The number of rotatable bonds is 5. The summed E-state index contributed by atoms with van der Waals surface area (Å²) in [7, 11) is 0. The van der Waals surface area contributed by atoms with Gasteiger partial charge < -0.3 is 15.2 Å². The van der Waals surface area contributed by atoms with Crippen molar-refractivity contribution < 1.29 is 11.9 Å². The second-order valence-electron chi connectivity index (χ2n) is 8.87. The van der Waals surface area contributed by atoms with Crippen LogP contribution in [0.2, 0.25) is 0 Å². The fraction of sp³-hybridized carbons (Fsp3) is 0.565. The smallest absolute Gasteiger partial charge is 0.270 e. The summed E-state index contributed by atoms with van der Waals surface area (Å²) in [5.41, 5.74) is 2.20. The second-order valence-corrected chi connectivity index (χ2v) is 8.87. The van der Waals surface area contributed by atoms with Crippen LogP contribution in [0.1, 0.15) is 49.6 Å². The summed E-state index contributed by atoms with van der Waals surface area (Å²) in [6.07, 6.45) is 3.63. The van der Waals surface area contributed by atoms with Gasteiger partial charge in [-0.2, -0.15) is 4.39 Å². The van der Waals surface area contributed by atoms with Gasteiger partial charge >= 0.3 is 0 Å². The van der Waals surface area contributed by atoms with Gasteiger partial charge in [0, 0.05) is 47.2 Å². The zero-order valence-electron chi connectivity index (χ0n) is 20.2. The Morgan fingerprint density at radius 1 is 1.25 bits per heavy atom. The van der Waals surface area contributed by atoms with Gasteiger partial charge in [0.15, 0.2) is 0 Å². The number of halogens is 1. The molecular formula is C23H29FN6O2. The van der Waals surface area contributed by atoms with Crippen LogP contribution in [-0.4, -0.2) is 64.5 Å². The number of H-pyrrole nitrogens is 1. The molecule has 3 aliphatic rings. The third-order valence-corrected chi connectivity index (χ3v) is 6.38. The maximum absolute atomic E-state index is 14.7. The number of nitrogens with zero attached hydrogens (tertiary/aromatic N) is 4. The first-order valence-electron chi connectivity index (χ1n) is 12.3. The van der Waals surface area contributed by atoms with Crippen molar-refractivity contribution >= 4 is 11.6 Å². The molecule has 2 aliphatic carbocycles. The van der Waals surface area contributed by atoms with Crippen LogP contribution in [0.15, 0.2) is 16.9 Å². The van der Waals surface area contributed by atoms with Crippen LogP contribution in [0.25, 0.3) is 0 Å². The Labute approximate surface area is 189 Å². The molecule has 1 amide bonds. The molecule has 2 aromatic rings. The Kier molecular flexibility index (Phi) is 5.04. The Balaban J connectivity index is 1.22. The maximum atomic E-state index is 14.7. The van der Waals surface area contributed by atoms with Crippen molar-refractivity contribution in [3.8, 4) is 0 Å². The average Bonchev–Trinajstić information content (AvgIpc) is 3.63. The van der Waals surface area contributed by atoms with Gasteiger partial charge in [-0.1, -0.05) is 0 Å². The van der Waals surface area contributed by atoms with E-state index in [0.29, 0.717) is 56.8 Å². The molecule has 0 aromatic carbocycles. The number of aromatic amines is 1. The van der Waals surface area contributed by atoms with Crippen molar-refractivity contribution in [1.29, 1.82) is 0 Å². The highest BCUT2D eigenvalue weighted by Gasteiger charge is 2.27. The van der Waals surface area contributed by atoms with Crippen LogP contribution < -0.4 is 15.8 Å². The number of carbonyl (C=O) groups excluding carboxylic acids is 1. The summed E-state index contributed by atoms with van der Waals surface area (Å²) < 4.78 is 32.4. The number of nitrogens with one attached hydrogen (secondary N) is 2. The molecule has 0 bridgehead atoms. The molecule has 170 valence electrons. The average molecular weight is 443 g/mol. The van der Waals surface area contributed by atoms with Crippen LogP contribution in [0.5, 0.6) is 0 Å². The highest BCUT2D eigenvalue weighted by molar-refractivity contribution is 5.92. The lowest BCUT2D eigenvalue weighted by Crippen LogP contribution is -2.48. The summed E-state index contributed by atoms with van der Waals surface area (Å²) in [6, 6.07) is 3.30. The molecule has 8 nitrogen and oxygen atoms in total. The molecule has 2 fully saturated rings. The van der Waals surface area contributed by atoms with Crippen molar-refractivity contribution in [1.82, 2.24) is 25.2 Å². The van der Waals surface area contributed by atoms with E-state index < -0.39 is 12.4 Å². The summed E-state index contributed by atoms with van der Waals surface area (Å²) in [4.78, 5) is 38.9. The first-order valence-corrected chi connectivity index (χ1v) is 11.3.